The maximum Gasteiger partial charge on any atom is 0.0970 e. The minimum Gasteiger partial charge on any atom is -0.256 e. The van der Waals surface area contributed by atoms with Crippen molar-refractivity contribution in [1.82, 2.24) is 24.9 Å². The van der Waals surface area contributed by atoms with Crippen molar-refractivity contribution in [2.24, 2.45) is 0 Å². The van der Waals surface area contributed by atoms with Crippen LogP contribution in [-0.2, 0) is 0 Å². The first-order chi connectivity index (χ1) is 24.7. The molecule has 5 heteroatoms. The Morgan fingerprint density at radius 1 is 0.320 bits per heavy atom. The Morgan fingerprint density at radius 2 is 0.900 bits per heavy atom. The molecule has 5 aromatic carbocycles. The lowest BCUT2D eigenvalue weighted by molar-refractivity contribution is 1.36. The summed E-state index contributed by atoms with van der Waals surface area (Å²) in [4.78, 5) is 24.2. The highest BCUT2D eigenvalue weighted by Crippen LogP contribution is 2.34. The molecule has 0 saturated heterocycles. The van der Waals surface area contributed by atoms with Crippen LogP contribution in [0.5, 0.6) is 0 Å². The van der Waals surface area contributed by atoms with E-state index >= 15 is 0 Å². The molecule has 10 rings (SSSR count). The third kappa shape index (κ3) is 4.75. The van der Waals surface area contributed by atoms with E-state index in [0.29, 0.717) is 0 Å². The first-order valence-corrected chi connectivity index (χ1v) is 16.6. The van der Waals surface area contributed by atoms with Gasteiger partial charge in [0.15, 0.2) is 0 Å². The van der Waals surface area contributed by atoms with Crippen LogP contribution >= 0.6 is 0 Å². The Hall–Kier alpha value is -6.85. The lowest BCUT2D eigenvalue weighted by atomic mass is 9.97. The molecule has 0 atom stereocenters. The molecule has 0 aliphatic rings. The summed E-state index contributed by atoms with van der Waals surface area (Å²) in [7, 11) is 0. The van der Waals surface area contributed by atoms with Gasteiger partial charge in [0.2, 0.25) is 0 Å². The second-order valence-electron chi connectivity index (χ2n) is 12.6. The molecule has 0 radical (unpaired) electrons. The quantitative estimate of drug-likeness (QED) is 0.180. The zero-order valence-corrected chi connectivity index (χ0v) is 26.8. The van der Waals surface area contributed by atoms with Crippen molar-refractivity contribution in [3.05, 3.63) is 164 Å². The summed E-state index contributed by atoms with van der Waals surface area (Å²) in [5.41, 5.74) is 13.1. The van der Waals surface area contributed by atoms with Gasteiger partial charge in [-0.25, -0.2) is 9.97 Å². The fourth-order valence-electron chi connectivity index (χ4n) is 7.04. The Balaban J connectivity index is 0.987. The van der Waals surface area contributed by atoms with Gasteiger partial charge in [-0.15, -0.1) is 0 Å². The number of hydrogen-bond acceptors (Lipinski definition) is 5. The van der Waals surface area contributed by atoms with E-state index in [0.717, 1.165) is 99.3 Å². The Kier molecular flexibility index (Phi) is 6.42. The van der Waals surface area contributed by atoms with E-state index < -0.39 is 0 Å². The van der Waals surface area contributed by atoms with Gasteiger partial charge in [-0.3, -0.25) is 15.0 Å². The van der Waals surface area contributed by atoms with Crippen molar-refractivity contribution < 1.29 is 0 Å². The van der Waals surface area contributed by atoms with Gasteiger partial charge >= 0.3 is 0 Å². The second kappa shape index (κ2) is 11.4. The van der Waals surface area contributed by atoms with E-state index in [9.17, 15) is 0 Å². The molecule has 0 N–H and O–H groups in total. The van der Waals surface area contributed by atoms with E-state index in [4.69, 9.17) is 9.97 Å². The Bertz CT molecular complexity index is 2930. The van der Waals surface area contributed by atoms with Crippen molar-refractivity contribution in [3.63, 3.8) is 0 Å². The molecule has 0 unspecified atom stereocenters. The fourth-order valence-corrected chi connectivity index (χ4v) is 7.04. The molecule has 0 bridgehead atoms. The van der Waals surface area contributed by atoms with E-state index in [1.54, 1.807) is 0 Å². The van der Waals surface area contributed by atoms with E-state index in [1.807, 2.05) is 30.7 Å². The predicted molar refractivity (Wildman–Crippen MR) is 205 cm³/mol. The van der Waals surface area contributed by atoms with Gasteiger partial charge in [-0.1, -0.05) is 103 Å². The highest BCUT2D eigenvalue weighted by atomic mass is 14.7. The molecule has 5 aromatic heterocycles. The number of aromatic nitrogens is 5. The van der Waals surface area contributed by atoms with E-state index in [1.165, 1.54) is 0 Å². The standard InChI is InChI=1S/C45H27N5/c1-4-32-5-2-23-46-43(32)38(7-1)40-21-18-31-13-15-35(27-42(31)50-40)39-20-17-30-12-14-34(26-41(30)49-39)28-8-10-29(11-9-28)36-22-25-48-45-37(36)19-16-33-6-3-24-47-44(33)45/h1-27H. The number of nitrogens with zero attached hydrogens (tertiary/aromatic N) is 5. The monoisotopic (exact) mass is 637 g/mol. The molecule has 0 saturated carbocycles. The van der Waals surface area contributed by atoms with Gasteiger partial charge in [0.05, 0.1) is 39.0 Å². The summed E-state index contributed by atoms with van der Waals surface area (Å²) < 4.78 is 0. The van der Waals surface area contributed by atoms with Crippen molar-refractivity contribution in [3.8, 4) is 44.8 Å². The SMILES string of the molecule is c1cnc2c(-c3ccc4ccc(-c5ccc6ccc(-c7ccc(-c8ccnc9c8ccc8cccnc89)cc7)cc6n5)cc4n3)cccc2c1. The minimum atomic E-state index is 0.906. The van der Waals surface area contributed by atoms with Crippen molar-refractivity contribution in [1.29, 1.82) is 0 Å². The number of benzene rings is 5. The predicted octanol–water partition coefficient (Wildman–Crippen LogP) is 11.1. The smallest absolute Gasteiger partial charge is 0.0970 e. The molecule has 0 amide bonds. The number of para-hydroxylation sites is 1. The summed E-state index contributed by atoms with van der Waals surface area (Å²) in [5, 5.41) is 5.48. The molecule has 10 aromatic rings. The number of pyridine rings is 5. The van der Waals surface area contributed by atoms with Crippen LogP contribution in [0.25, 0.3) is 99.3 Å². The minimum absolute atomic E-state index is 0.906. The topological polar surface area (TPSA) is 64.5 Å². The van der Waals surface area contributed by atoms with Gasteiger partial charge in [0, 0.05) is 56.6 Å². The Labute approximate surface area is 287 Å². The van der Waals surface area contributed by atoms with Crippen LogP contribution < -0.4 is 0 Å². The van der Waals surface area contributed by atoms with Crippen LogP contribution in [-0.4, -0.2) is 24.9 Å². The van der Waals surface area contributed by atoms with E-state index in [-0.39, 0.29) is 0 Å². The largest absolute Gasteiger partial charge is 0.256 e. The van der Waals surface area contributed by atoms with Crippen molar-refractivity contribution in [2.45, 2.75) is 0 Å². The molecule has 5 nitrogen and oxygen atoms in total. The molecule has 0 aliphatic heterocycles. The first-order valence-electron chi connectivity index (χ1n) is 16.6. The third-order valence-electron chi connectivity index (χ3n) is 9.60. The van der Waals surface area contributed by atoms with Crippen LogP contribution in [0.3, 0.4) is 0 Å². The van der Waals surface area contributed by atoms with Gasteiger partial charge in [-0.05, 0) is 64.7 Å². The third-order valence-corrected chi connectivity index (χ3v) is 9.60. The molecular formula is C45H27N5. The van der Waals surface area contributed by atoms with Crippen LogP contribution in [0.2, 0.25) is 0 Å². The number of fused-ring (bicyclic) bond motifs is 6. The summed E-state index contributed by atoms with van der Waals surface area (Å²) in [5.74, 6) is 0. The molecule has 0 aliphatic carbocycles. The van der Waals surface area contributed by atoms with Gasteiger partial charge in [0.1, 0.15) is 0 Å². The normalized spacial score (nSPS) is 11.6. The number of rotatable bonds is 4. The van der Waals surface area contributed by atoms with Crippen LogP contribution in [0.4, 0.5) is 0 Å². The highest BCUT2D eigenvalue weighted by molar-refractivity contribution is 6.08. The Morgan fingerprint density at radius 3 is 1.72 bits per heavy atom. The van der Waals surface area contributed by atoms with Crippen LogP contribution in [0.15, 0.2) is 164 Å². The highest BCUT2D eigenvalue weighted by Gasteiger charge is 2.12. The maximum absolute atomic E-state index is 5.13. The summed E-state index contributed by atoms with van der Waals surface area (Å²) in [6.07, 6.45) is 5.53. The lowest BCUT2D eigenvalue weighted by Crippen LogP contribution is -1.90. The molecular weight excluding hydrogens is 611 g/mol. The molecule has 232 valence electrons. The van der Waals surface area contributed by atoms with E-state index in [2.05, 4.69) is 148 Å². The van der Waals surface area contributed by atoms with Gasteiger partial charge in [-0.2, -0.15) is 0 Å². The maximum atomic E-state index is 5.13. The van der Waals surface area contributed by atoms with Crippen LogP contribution in [0, 0.1) is 0 Å². The number of hydrogen-bond donors (Lipinski definition) is 0. The molecule has 50 heavy (non-hydrogen) atoms. The molecule has 0 spiro atoms. The summed E-state index contributed by atoms with van der Waals surface area (Å²) >= 11 is 0. The fraction of sp³-hybridized carbons (Fsp3) is 0. The average Bonchev–Trinajstić information content (AvgIpc) is 3.19. The zero-order chi connectivity index (χ0) is 33.0. The molecule has 5 heterocycles. The van der Waals surface area contributed by atoms with Gasteiger partial charge < -0.3 is 0 Å². The second-order valence-corrected chi connectivity index (χ2v) is 12.6. The van der Waals surface area contributed by atoms with Crippen LogP contribution in [0.1, 0.15) is 0 Å². The summed E-state index contributed by atoms with van der Waals surface area (Å²) in [6, 6.07) is 50.7. The average molecular weight is 638 g/mol. The lowest BCUT2D eigenvalue weighted by Gasteiger charge is -2.10. The summed E-state index contributed by atoms with van der Waals surface area (Å²) in [6.45, 7) is 0. The van der Waals surface area contributed by atoms with Crippen molar-refractivity contribution in [2.75, 3.05) is 0 Å². The first kappa shape index (κ1) is 28.2. The molecule has 0 fully saturated rings. The zero-order valence-electron chi connectivity index (χ0n) is 26.8. The van der Waals surface area contributed by atoms with Crippen molar-refractivity contribution >= 4 is 54.5 Å². The van der Waals surface area contributed by atoms with Gasteiger partial charge in [0.25, 0.3) is 0 Å².